The van der Waals surface area contributed by atoms with Crippen LogP contribution in [-0.4, -0.2) is 59.7 Å². The van der Waals surface area contributed by atoms with Crippen LogP contribution in [-0.2, 0) is 13.6 Å². The van der Waals surface area contributed by atoms with Crippen LogP contribution >= 0.6 is 0 Å². The minimum Gasteiger partial charge on any atom is -0.497 e. The molecule has 0 unspecified atom stereocenters. The highest BCUT2D eigenvalue weighted by Crippen LogP contribution is 2.31. The summed E-state index contributed by atoms with van der Waals surface area (Å²) in [5.74, 6) is 2.55. The monoisotopic (exact) mass is 314 g/mol. The molecule has 0 N–H and O–H groups in total. The second-order valence-corrected chi connectivity index (χ2v) is 6.56. The van der Waals surface area contributed by atoms with Gasteiger partial charge in [-0.3, -0.25) is 4.90 Å². The number of hydrogen-bond acceptors (Lipinski definition) is 4. The van der Waals surface area contributed by atoms with Crippen LogP contribution < -0.4 is 4.74 Å². The average Bonchev–Trinajstić information content (AvgIpc) is 3.15. The first-order chi connectivity index (χ1) is 11.1. The van der Waals surface area contributed by atoms with Crippen LogP contribution in [0.1, 0.15) is 17.3 Å². The Morgan fingerprint density at radius 1 is 1.22 bits per heavy atom. The Morgan fingerprint density at radius 2 is 1.96 bits per heavy atom. The first-order valence-electron chi connectivity index (χ1n) is 8.07. The molecule has 0 spiro atoms. The van der Waals surface area contributed by atoms with Crippen molar-refractivity contribution in [1.29, 1.82) is 0 Å². The molecule has 1 fully saturated rings. The highest BCUT2D eigenvalue weighted by Gasteiger charge is 2.35. The summed E-state index contributed by atoms with van der Waals surface area (Å²) < 4.78 is 7.38. The molecule has 2 heterocycles. The van der Waals surface area contributed by atoms with E-state index in [1.54, 1.807) is 7.11 Å². The number of aromatic nitrogens is 2. The molecule has 0 radical (unpaired) electrons. The lowest BCUT2D eigenvalue weighted by Gasteiger charge is -2.25. The number of likely N-dealkylation sites (N-methyl/N-ethyl adjacent to an activating group) is 1. The topological polar surface area (TPSA) is 33.5 Å². The summed E-state index contributed by atoms with van der Waals surface area (Å²) in [5, 5.41) is 0. The largest absolute Gasteiger partial charge is 0.497 e. The Balaban J connectivity index is 1.76. The summed E-state index contributed by atoms with van der Waals surface area (Å²) in [5.41, 5.74) is 1.38. The highest BCUT2D eigenvalue weighted by atomic mass is 16.5. The Kier molecular flexibility index (Phi) is 4.68. The third-order valence-electron chi connectivity index (χ3n) is 4.86. The van der Waals surface area contributed by atoms with Crippen molar-refractivity contribution in [2.45, 2.75) is 18.5 Å². The van der Waals surface area contributed by atoms with Crippen molar-refractivity contribution < 1.29 is 4.74 Å². The van der Waals surface area contributed by atoms with E-state index in [1.165, 1.54) is 5.56 Å². The van der Waals surface area contributed by atoms with Crippen molar-refractivity contribution in [2.24, 2.45) is 7.05 Å². The standard InChI is InChI=1S/C18H26N4O/c1-20(2)17-12-22(13-18-19-9-10-21(18)3)11-16(17)14-5-7-15(23-4)8-6-14/h5-10,16-17H,11-13H2,1-4H3/t16-,17+/m0/s1. The number of imidazole rings is 1. The number of nitrogens with zero attached hydrogens (tertiary/aromatic N) is 4. The van der Waals surface area contributed by atoms with E-state index in [-0.39, 0.29) is 0 Å². The number of ether oxygens (including phenoxy) is 1. The first kappa shape index (κ1) is 16.0. The van der Waals surface area contributed by atoms with Gasteiger partial charge < -0.3 is 14.2 Å². The molecular formula is C18H26N4O. The molecule has 23 heavy (non-hydrogen) atoms. The molecule has 1 saturated heterocycles. The number of benzene rings is 1. The SMILES string of the molecule is COc1ccc([C@@H]2CN(Cc3nccn3C)C[C@H]2N(C)C)cc1. The van der Waals surface area contributed by atoms with Crippen LogP contribution in [0.2, 0.25) is 0 Å². The lowest BCUT2D eigenvalue weighted by atomic mass is 9.93. The smallest absolute Gasteiger partial charge is 0.122 e. The van der Waals surface area contributed by atoms with E-state index < -0.39 is 0 Å². The lowest BCUT2D eigenvalue weighted by molar-refractivity contribution is 0.256. The van der Waals surface area contributed by atoms with Gasteiger partial charge in [0, 0.05) is 44.5 Å². The summed E-state index contributed by atoms with van der Waals surface area (Å²) in [7, 11) is 8.11. The summed E-state index contributed by atoms with van der Waals surface area (Å²) in [4.78, 5) is 9.30. The second kappa shape index (κ2) is 6.72. The predicted octanol–water partition coefficient (Wildman–Crippen LogP) is 1.96. The van der Waals surface area contributed by atoms with Gasteiger partial charge in [0.2, 0.25) is 0 Å². The molecule has 1 aromatic carbocycles. The van der Waals surface area contributed by atoms with Gasteiger partial charge in [-0.05, 0) is 31.8 Å². The third kappa shape index (κ3) is 3.41. The van der Waals surface area contributed by atoms with Crippen molar-refractivity contribution in [2.75, 3.05) is 34.3 Å². The van der Waals surface area contributed by atoms with Gasteiger partial charge >= 0.3 is 0 Å². The molecule has 2 atom stereocenters. The Hall–Kier alpha value is -1.85. The zero-order valence-corrected chi connectivity index (χ0v) is 14.4. The molecular weight excluding hydrogens is 288 g/mol. The van der Waals surface area contributed by atoms with Crippen LogP contribution in [0.5, 0.6) is 5.75 Å². The van der Waals surface area contributed by atoms with Crippen molar-refractivity contribution in [1.82, 2.24) is 19.4 Å². The molecule has 0 saturated carbocycles. The minimum absolute atomic E-state index is 0.510. The summed E-state index contributed by atoms with van der Waals surface area (Å²) in [6, 6.07) is 9.03. The van der Waals surface area contributed by atoms with E-state index in [2.05, 4.69) is 64.8 Å². The van der Waals surface area contributed by atoms with Crippen LogP contribution in [0.25, 0.3) is 0 Å². The zero-order chi connectivity index (χ0) is 16.4. The van der Waals surface area contributed by atoms with E-state index in [1.807, 2.05) is 12.4 Å². The van der Waals surface area contributed by atoms with Crippen LogP contribution in [0.4, 0.5) is 0 Å². The van der Waals surface area contributed by atoms with Gasteiger partial charge in [0.05, 0.1) is 13.7 Å². The average molecular weight is 314 g/mol. The molecule has 5 nitrogen and oxygen atoms in total. The van der Waals surface area contributed by atoms with Gasteiger partial charge in [0.1, 0.15) is 11.6 Å². The Bertz CT molecular complexity index is 635. The maximum Gasteiger partial charge on any atom is 0.122 e. The van der Waals surface area contributed by atoms with Crippen molar-refractivity contribution in [3.8, 4) is 5.75 Å². The van der Waals surface area contributed by atoms with Crippen LogP contribution in [0.3, 0.4) is 0 Å². The summed E-state index contributed by atoms with van der Waals surface area (Å²) in [6.07, 6.45) is 3.88. The number of rotatable bonds is 5. The maximum atomic E-state index is 5.28. The van der Waals surface area contributed by atoms with Gasteiger partial charge in [0.15, 0.2) is 0 Å². The molecule has 0 aliphatic carbocycles. The summed E-state index contributed by atoms with van der Waals surface area (Å²) in [6.45, 7) is 3.03. The number of methoxy groups -OCH3 is 1. The quantitative estimate of drug-likeness (QED) is 0.845. The van der Waals surface area contributed by atoms with Gasteiger partial charge in [-0.15, -0.1) is 0 Å². The number of hydrogen-bond donors (Lipinski definition) is 0. The number of likely N-dealkylation sites (tertiary alicyclic amines) is 1. The highest BCUT2D eigenvalue weighted by molar-refractivity contribution is 5.31. The second-order valence-electron chi connectivity index (χ2n) is 6.56. The van der Waals surface area contributed by atoms with Crippen molar-refractivity contribution in [3.05, 3.63) is 48.0 Å². The fourth-order valence-corrected chi connectivity index (χ4v) is 3.45. The zero-order valence-electron chi connectivity index (χ0n) is 14.4. The van der Waals surface area contributed by atoms with Gasteiger partial charge in [-0.1, -0.05) is 12.1 Å². The number of aryl methyl sites for hydroxylation is 1. The molecule has 1 aromatic heterocycles. The van der Waals surface area contributed by atoms with E-state index in [0.717, 1.165) is 31.2 Å². The minimum atomic E-state index is 0.510. The van der Waals surface area contributed by atoms with Crippen molar-refractivity contribution >= 4 is 0 Å². The van der Waals surface area contributed by atoms with E-state index in [9.17, 15) is 0 Å². The first-order valence-corrected chi connectivity index (χ1v) is 8.07. The van der Waals surface area contributed by atoms with E-state index >= 15 is 0 Å². The Labute approximate surface area is 138 Å². The van der Waals surface area contributed by atoms with E-state index in [0.29, 0.717) is 12.0 Å². The molecule has 0 amide bonds. The van der Waals surface area contributed by atoms with Crippen molar-refractivity contribution in [3.63, 3.8) is 0 Å². The van der Waals surface area contributed by atoms with E-state index in [4.69, 9.17) is 4.74 Å². The van der Waals surface area contributed by atoms with Gasteiger partial charge in [0.25, 0.3) is 0 Å². The fraction of sp³-hybridized carbons (Fsp3) is 0.500. The molecule has 0 bridgehead atoms. The van der Waals surface area contributed by atoms with Gasteiger partial charge in [-0.2, -0.15) is 0 Å². The molecule has 1 aliphatic heterocycles. The third-order valence-corrected chi connectivity index (χ3v) is 4.86. The molecule has 3 rings (SSSR count). The molecule has 1 aliphatic rings. The lowest BCUT2D eigenvalue weighted by Crippen LogP contribution is -2.34. The molecule has 2 aromatic rings. The fourth-order valence-electron chi connectivity index (χ4n) is 3.45. The normalized spacial score (nSPS) is 22.0. The van der Waals surface area contributed by atoms with Crippen LogP contribution in [0, 0.1) is 0 Å². The predicted molar refractivity (Wildman–Crippen MR) is 91.7 cm³/mol. The van der Waals surface area contributed by atoms with Gasteiger partial charge in [-0.25, -0.2) is 4.98 Å². The molecule has 124 valence electrons. The molecule has 5 heteroatoms. The summed E-state index contributed by atoms with van der Waals surface area (Å²) >= 11 is 0. The Morgan fingerprint density at radius 3 is 2.52 bits per heavy atom. The maximum absolute atomic E-state index is 5.28. The van der Waals surface area contributed by atoms with Crippen LogP contribution in [0.15, 0.2) is 36.7 Å².